The van der Waals surface area contributed by atoms with Gasteiger partial charge in [0.25, 0.3) is 11.8 Å². The largest absolute Gasteiger partial charge is 0.416 e. The van der Waals surface area contributed by atoms with Crippen molar-refractivity contribution in [2.75, 3.05) is 11.1 Å². The van der Waals surface area contributed by atoms with Gasteiger partial charge in [-0.2, -0.15) is 13.2 Å². The molecule has 0 bridgehead atoms. The Morgan fingerprint density at radius 1 is 1.13 bits per heavy atom. The van der Waals surface area contributed by atoms with Crippen LogP contribution >= 0.6 is 11.3 Å². The van der Waals surface area contributed by atoms with Crippen molar-refractivity contribution in [1.29, 1.82) is 0 Å². The average molecular weight is 450 g/mol. The fraction of sp³-hybridized carbons (Fsp3) is 0.211. The molecule has 0 spiro atoms. The molecule has 4 N–H and O–H groups in total. The summed E-state index contributed by atoms with van der Waals surface area (Å²) in [6.07, 6.45) is -2.07. The lowest BCUT2D eigenvalue weighted by molar-refractivity contribution is -0.138. The second-order valence-electron chi connectivity index (χ2n) is 6.57. The molecule has 12 heteroatoms. The van der Waals surface area contributed by atoms with Crippen molar-refractivity contribution in [2.24, 2.45) is 0 Å². The van der Waals surface area contributed by atoms with Crippen molar-refractivity contribution >= 4 is 34.7 Å². The first-order chi connectivity index (χ1) is 14.5. The summed E-state index contributed by atoms with van der Waals surface area (Å²) in [5, 5.41) is 5.55. The molecule has 3 aromatic rings. The van der Waals surface area contributed by atoms with Gasteiger partial charge in [0, 0.05) is 11.8 Å². The van der Waals surface area contributed by atoms with Crippen LogP contribution in [0.15, 0.2) is 36.8 Å². The number of nitrogens with two attached hydrogens (primary N) is 1. The molecular formula is C19H17F3N6O2S. The number of hydrogen-bond donors (Lipinski definition) is 3. The van der Waals surface area contributed by atoms with Crippen LogP contribution in [0.1, 0.15) is 49.3 Å². The van der Waals surface area contributed by atoms with E-state index in [0.717, 1.165) is 23.7 Å². The molecule has 2 aromatic heterocycles. The summed E-state index contributed by atoms with van der Waals surface area (Å²) in [4.78, 5) is 36.5. The topological polar surface area (TPSA) is 123 Å². The standard InChI is InChI=1S/C19H17F3N6O2S/c1-9-3-4-11(5-12(9)19(20,21)22)28-17(30)14-7-24-18(31-14)10(2)27-16(29)13-6-15(23)26-8-25-13/h3-8,10H,1-2H3,(H,27,29)(H,28,30)(H2,23,25,26). The van der Waals surface area contributed by atoms with Gasteiger partial charge in [0.1, 0.15) is 27.7 Å². The maximum absolute atomic E-state index is 13.1. The number of benzene rings is 1. The zero-order chi connectivity index (χ0) is 22.8. The highest BCUT2D eigenvalue weighted by molar-refractivity contribution is 7.13. The molecule has 1 aromatic carbocycles. The van der Waals surface area contributed by atoms with Gasteiger partial charge in [-0.25, -0.2) is 15.0 Å². The molecule has 0 saturated carbocycles. The molecular weight excluding hydrogens is 433 g/mol. The van der Waals surface area contributed by atoms with Gasteiger partial charge in [0.2, 0.25) is 0 Å². The summed E-state index contributed by atoms with van der Waals surface area (Å²) in [6, 6.07) is 4.33. The zero-order valence-corrected chi connectivity index (χ0v) is 17.1. The Morgan fingerprint density at radius 3 is 2.55 bits per heavy atom. The molecule has 0 aliphatic carbocycles. The summed E-state index contributed by atoms with van der Waals surface area (Å²) in [6.45, 7) is 3.01. The fourth-order valence-electron chi connectivity index (χ4n) is 2.62. The Morgan fingerprint density at radius 2 is 1.87 bits per heavy atom. The number of aromatic nitrogens is 3. The number of rotatable bonds is 5. The highest BCUT2D eigenvalue weighted by atomic mass is 32.1. The molecule has 1 atom stereocenters. The molecule has 2 heterocycles. The fourth-order valence-corrected chi connectivity index (χ4v) is 3.44. The monoisotopic (exact) mass is 450 g/mol. The van der Waals surface area contributed by atoms with E-state index in [0.29, 0.717) is 5.01 Å². The molecule has 0 radical (unpaired) electrons. The van der Waals surface area contributed by atoms with Crippen LogP contribution in [-0.2, 0) is 6.18 Å². The molecule has 0 fully saturated rings. The Bertz CT molecular complexity index is 1130. The molecule has 8 nitrogen and oxygen atoms in total. The highest BCUT2D eigenvalue weighted by Crippen LogP contribution is 2.33. The lowest BCUT2D eigenvalue weighted by Gasteiger charge is -2.12. The Kier molecular flexibility index (Phi) is 6.20. The molecule has 0 saturated heterocycles. The van der Waals surface area contributed by atoms with Gasteiger partial charge in [0.15, 0.2) is 0 Å². The number of nitrogen functional groups attached to an aromatic ring is 1. The van der Waals surface area contributed by atoms with Gasteiger partial charge < -0.3 is 16.4 Å². The van der Waals surface area contributed by atoms with Gasteiger partial charge in [0.05, 0.1) is 17.8 Å². The predicted octanol–water partition coefficient (Wildman–Crippen LogP) is 3.59. The summed E-state index contributed by atoms with van der Waals surface area (Å²) in [5.41, 5.74) is 4.86. The Labute approximate surface area is 178 Å². The predicted molar refractivity (Wildman–Crippen MR) is 109 cm³/mol. The maximum atomic E-state index is 13.1. The number of anilines is 2. The lowest BCUT2D eigenvalue weighted by atomic mass is 10.1. The first kappa shape index (κ1) is 22.2. The smallest absolute Gasteiger partial charge is 0.384 e. The quantitative estimate of drug-likeness (QED) is 0.546. The van der Waals surface area contributed by atoms with Gasteiger partial charge >= 0.3 is 6.18 Å². The van der Waals surface area contributed by atoms with Gasteiger partial charge in [-0.3, -0.25) is 9.59 Å². The average Bonchev–Trinajstić information content (AvgIpc) is 3.19. The van der Waals surface area contributed by atoms with Crippen LogP contribution in [0.3, 0.4) is 0 Å². The van der Waals surface area contributed by atoms with Crippen molar-refractivity contribution in [1.82, 2.24) is 20.3 Å². The van der Waals surface area contributed by atoms with E-state index in [9.17, 15) is 22.8 Å². The normalized spacial score (nSPS) is 12.3. The minimum absolute atomic E-state index is 0.0144. The van der Waals surface area contributed by atoms with E-state index >= 15 is 0 Å². The third-order valence-electron chi connectivity index (χ3n) is 4.19. The van der Waals surface area contributed by atoms with E-state index in [1.54, 1.807) is 6.92 Å². The minimum Gasteiger partial charge on any atom is -0.384 e. The number of thiazole rings is 1. The number of carbonyl (C=O) groups excluding carboxylic acids is 2. The van der Waals surface area contributed by atoms with Gasteiger partial charge in [-0.1, -0.05) is 6.07 Å². The summed E-state index contributed by atoms with van der Waals surface area (Å²) in [7, 11) is 0. The molecule has 162 valence electrons. The van der Waals surface area contributed by atoms with Crippen LogP contribution in [-0.4, -0.2) is 26.8 Å². The van der Waals surface area contributed by atoms with Gasteiger partial charge in [-0.15, -0.1) is 11.3 Å². The molecule has 1 unspecified atom stereocenters. The molecule has 0 aliphatic rings. The Hall–Kier alpha value is -3.54. The molecule has 31 heavy (non-hydrogen) atoms. The third kappa shape index (κ3) is 5.34. The first-order valence-corrected chi connectivity index (χ1v) is 9.69. The molecule has 3 rings (SSSR count). The van der Waals surface area contributed by atoms with E-state index in [1.807, 2.05) is 0 Å². The van der Waals surface area contributed by atoms with E-state index in [4.69, 9.17) is 5.73 Å². The van der Waals surface area contributed by atoms with Crippen LogP contribution in [0.5, 0.6) is 0 Å². The number of carbonyl (C=O) groups is 2. The number of halogens is 3. The van der Waals surface area contributed by atoms with Crippen molar-refractivity contribution < 1.29 is 22.8 Å². The second-order valence-corrected chi connectivity index (χ2v) is 7.63. The summed E-state index contributed by atoms with van der Waals surface area (Å²) >= 11 is 1.00. The van der Waals surface area contributed by atoms with Crippen LogP contribution < -0.4 is 16.4 Å². The van der Waals surface area contributed by atoms with Gasteiger partial charge in [-0.05, 0) is 31.5 Å². The zero-order valence-electron chi connectivity index (χ0n) is 16.3. The number of aryl methyl sites for hydroxylation is 1. The van der Waals surface area contributed by atoms with Crippen molar-refractivity contribution in [3.63, 3.8) is 0 Å². The van der Waals surface area contributed by atoms with E-state index in [1.165, 1.54) is 31.3 Å². The number of nitrogens with zero attached hydrogens (tertiary/aromatic N) is 3. The first-order valence-electron chi connectivity index (χ1n) is 8.88. The number of hydrogen-bond acceptors (Lipinski definition) is 7. The molecule has 0 aliphatic heterocycles. The van der Waals surface area contributed by atoms with Crippen LogP contribution in [0, 0.1) is 6.92 Å². The highest BCUT2D eigenvalue weighted by Gasteiger charge is 2.32. The van der Waals surface area contributed by atoms with Crippen LogP contribution in [0.25, 0.3) is 0 Å². The number of nitrogens with one attached hydrogen (secondary N) is 2. The van der Waals surface area contributed by atoms with Crippen LogP contribution in [0.4, 0.5) is 24.7 Å². The summed E-state index contributed by atoms with van der Waals surface area (Å²) < 4.78 is 39.2. The number of amides is 2. The molecule has 2 amide bonds. The van der Waals surface area contributed by atoms with Crippen molar-refractivity contribution in [3.05, 3.63) is 63.5 Å². The van der Waals surface area contributed by atoms with E-state index in [-0.39, 0.29) is 27.6 Å². The maximum Gasteiger partial charge on any atom is 0.416 e. The number of alkyl halides is 3. The van der Waals surface area contributed by atoms with E-state index < -0.39 is 29.6 Å². The van der Waals surface area contributed by atoms with Crippen LogP contribution in [0.2, 0.25) is 0 Å². The van der Waals surface area contributed by atoms with Crippen molar-refractivity contribution in [2.45, 2.75) is 26.1 Å². The Balaban J connectivity index is 1.69. The lowest BCUT2D eigenvalue weighted by Crippen LogP contribution is -2.27. The van der Waals surface area contributed by atoms with E-state index in [2.05, 4.69) is 25.6 Å². The minimum atomic E-state index is -4.52. The summed E-state index contributed by atoms with van der Waals surface area (Å²) in [5.74, 6) is -0.962. The SMILES string of the molecule is Cc1ccc(NC(=O)c2cnc(C(C)NC(=O)c3cc(N)ncn3)s2)cc1C(F)(F)F. The second kappa shape index (κ2) is 8.68. The third-order valence-corrected chi connectivity index (χ3v) is 5.37. The van der Waals surface area contributed by atoms with Crippen molar-refractivity contribution in [3.8, 4) is 0 Å².